The monoisotopic (exact) mass is 311 g/mol. The molecule has 1 aliphatic rings. The average Bonchev–Trinajstić information content (AvgIpc) is 2.99. The van der Waals surface area contributed by atoms with Crippen LogP contribution in [0.2, 0.25) is 5.02 Å². The maximum absolute atomic E-state index is 12.4. The van der Waals surface area contributed by atoms with Gasteiger partial charge in [-0.15, -0.1) is 0 Å². The number of allylic oxidation sites excluding steroid dienone is 1. The van der Waals surface area contributed by atoms with Gasteiger partial charge in [0.15, 0.2) is 11.5 Å². The molecule has 0 atom stereocenters. The lowest BCUT2D eigenvalue weighted by atomic mass is 10.0. The number of nitriles is 1. The van der Waals surface area contributed by atoms with Gasteiger partial charge in [0.1, 0.15) is 11.6 Å². The Balaban J connectivity index is 1.94. The fraction of sp³-hybridized carbons (Fsp3) is 0.0588. The Morgan fingerprint density at radius 2 is 2.00 bits per heavy atom. The van der Waals surface area contributed by atoms with Gasteiger partial charge in [0.25, 0.3) is 0 Å². The number of benzene rings is 2. The van der Waals surface area contributed by atoms with Crippen LogP contribution in [0.25, 0.3) is 6.08 Å². The van der Waals surface area contributed by atoms with E-state index >= 15 is 0 Å². The Labute approximate surface area is 132 Å². The molecule has 0 saturated heterocycles. The van der Waals surface area contributed by atoms with Crippen molar-refractivity contribution in [2.75, 3.05) is 6.79 Å². The first-order valence-corrected chi connectivity index (χ1v) is 6.87. The summed E-state index contributed by atoms with van der Waals surface area (Å²) in [6, 6.07) is 13.7. The third kappa shape index (κ3) is 2.80. The van der Waals surface area contributed by atoms with Gasteiger partial charge in [0.2, 0.25) is 12.6 Å². The number of hydrogen-bond acceptors (Lipinski definition) is 4. The Kier molecular flexibility index (Phi) is 3.82. The molecule has 0 amide bonds. The van der Waals surface area contributed by atoms with E-state index in [9.17, 15) is 10.1 Å². The molecule has 108 valence electrons. The molecule has 2 aromatic carbocycles. The molecular weight excluding hydrogens is 302 g/mol. The fourth-order valence-corrected chi connectivity index (χ4v) is 2.30. The normalized spacial score (nSPS) is 12.8. The summed E-state index contributed by atoms with van der Waals surface area (Å²) < 4.78 is 10.4. The molecule has 1 heterocycles. The smallest absolute Gasteiger partial charge is 0.231 e. The van der Waals surface area contributed by atoms with Crippen molar-refractivity contribution in [2.45, 2.75) is 0 Å². The Hall–Kier alpha value is -2.77. The number of rotatable bonds is 3. The van der Waals surface area contributed by atoms with Crippen molar-refractivity contribution in [1.29, 1.82) is 5.26 Å². The van der Waals surface area contributed by atoms with E-state index in [1.54, 1.807) is 42.5 Å². The number of carbonyl (C=O) groups excluding carboxylic acids is 1. The predicted molar refractivity (Wildman–Crippen MR) is 81.9 cm³/mol. The van der Waals surface area contributed by atoms with E-state index in [1.807, 2.05) is 6.07 Å². The van der Waals surface area contributed by atoms with E-state index in [1.165, 1.54) is 6.08 Å². The minimum absolute atomic E-state index is 0.0288. The van der Waals surface area contributed by atoms with Gasteiger partial charge in [-0.3, -0.25) is 4.79 Å². The fourth-order valence-electron chi connectivity index (χ4n) is 2.10. The molecule has 0 N–H and O–H groups in total. The van der Waals surface area contributed by atoms with Crippen LogP contribution >= 0.6 is 11.6 Å². The first-order valence-electron chi connectivity index (χ1n) is 6.49. The van der Waals surface area contributed by atoms with E-state index in [-0.39, 0.29) is 18.1 Å². The van der Waals surface area contributed by atoms with E-state index in [4.69, 9.17) is 21.1 Å². The van der Waals surface area contributed by atoms with Crippen molar-refractivity contribution in [3.05, 3.63) is 64.2 Å². The Bertz CT molecular complexity index is 821. The number of nitrogens with zero attached hydrogens (tertiary/aromatic N) is 1. The van der Waals surface area contributed by atoms with E-state index in [0.29, 0.717) is 27.6 Å². The Morgan fingerprint density at radius 1 is 1.18 bits per heavy atom. The van der Waals surface area contributed by atoms with Gasteiger partial charge in [-0.2, -0.15) is 5.26 Å². The van der Waals surface area contributed by atoms with Gasteiger partial charge in [0.05, 0.1) is 0 Å². The second-order valence-electron chi connectivity index (χ2n) is 4.62. The summed E-state index contributed by atoms with van der Waals surface area (Å²) in [5.41, 5.74) is 1.10. The molecule has 1 aliphatic heterocycles. The molecular formula is C17H10ClNO3. The van der Waals surface area contributed by atoms with Crippen LogP contribution in [0.4, 0.5) is 0 Å². The first-order chi connectivity index (χ1) is 10.7. The van der Waals surface area contributed by atoms with Crippen LogP contribution in [0.5, 0.6) is 11.5 Å². The largest absolute Gasteiger partial charge is 0.454 e. The van der Waals surface area contributed by atoms with Crippen molar-refractivity contribution >= 4 is 23.5 Å². The summed E-state index contributed by atoms with van der Waals surface area (Å²) in [7, 11) is 0. The molecule has 0 bridgehead atoms. The zero-order chi connectivity index (χ0) is 15.5. The summed E-state index contributed by atoms with van der Waals surface area (Å²) in [6.45, 7) is 0.135. The van der Waals surface area contributed by atoms with Crippen LogP contribution in [0.1, 0.15) is 15.9 Å². The van der Waals surface area contributed by atoms with E-state index < -0.39 is 0 Å². The number of ketones is 1. The summed E-state index contributed by atoms with van der Waals surface area (Å²) in [5.74, 6) is 0.723. The highest BCUT2D eigenvalue weighted by Gasteiger charge is 2.18. The molecule has 0 aliphatic carbocycles. The molecule has 0 aromatic heterocycles. The Morgan fingerprint density at radius 3 is 2.77 bits per heavy atom. The molecule has 0 radical (unpaired) electrons. The summed E-state index contributed by atoms with van der Waals surface area (Å²) >= 11 is 5.90. The van der Waals surface area contributed by atoms with Crippen LogP contribution in [-0.4, -0.2) is 12.6 Å². The topological polar surface area (TPSA) is 59.3 Å². The second-order valence-corrected chi connectivity index (χ2v) is 5.06. The lowest BCUT2D eigenvalue weighted by Crippen LogP contribution is -2.01. The van der Waals surface area contributed by atoms with Crippen LogP contribution in [-0.2, 0) is 0 Å². The zero-order valence-electron chi connectivity index (χ0n) is 11.4. The molecule has 4 nitrogen and oxygen atoms in total. The van der Waals surface area contributed by atoms with Gasteiger partial charge in [-0.1, -0.05) is 23.7 Å². The van der Waals surface area contributed by atoms with E-state index in [0.717, 1.165) is 0 Å². The molecule has 5 heteroatoms. The van der Waals surface area contributed by atoms with Gasteiger partial charge < -0.3 is 9.47 Å². The van der Waals surface area contributed by atoms with Crippen molar-refractivity contribution in [2.24, 2.45) is 0 Å². The highest BCUT2D eigenvalue weighted by molar-refractivity contribution is 6.30. The van der Waals surface area contributed by atoms with Gasteiger partial charge in [0, 0.05) is 10.6 Å². The van der Waals surface area contributed by atoms with Gasteiger partial charge >= 0.3 is 0 Å². The number of fused-ring (bicyclic) bond motifs is 1. The lowest BCUT2D eigenvalue weighted by Gasteiger charge is -2.02. The summed E-state index contributed by atoms with van der Waals surface area (Å²) in [4.78, 5) is 12.4. The molecule has 3 rings (SSSR count). The van der Waals surface area contributed by atoms with Crippen molar-refractivity contribution in [3.63, 3.8) is 0 Å². The van der Waals surface area contributed by atoms with Crippen molar-refractivity contribution < 1.29 is 14.3 Å². The molecule has 0 saturated carbocycles. The van der Waals surface area contributed by atoms with E-state index in [2.05, 4.69) is 0 Å². The summed E-state index contributed by atoms with van der Waals surface area (Å²) in [6.07, 6.45) is 1.51. The number of carbonyl (C=O) groups is 1. The molecule has 0 fully saturated rings. The third-order valence-electron chi connectivity index (χ3n) is 3.16. The number of halogens is 1. The quantitative estimate of drug-likeness (QED) is 0.490. The zero-order valence-corrected chi connectivity index (χ0v) is 12.1. The van der Waals surface area contributed by atoms with Crippen molar-refractivity contribution in [3.8, 4) is 17.6 Å². The SMILES string of the molecule is N#C/C(=C/c1cccc(Cl)c1)C(=O)c1ccc2c(c1)OCO2. The van der Waals surface area contributed by atoms with Gasteiger partial charge in [-0.05, 0) is 42.0 Å². The van der Waals surface area contributed by atoms with Crippen molar-refractivity contribution in [1.82, 2.24) is 0 Å². The van der Waals surface area contributed by atoms with Crippen LogP contribution in [0, 0.1) is 11.3 Å². The van der Waals surface area contributed by atoms with Crippen LogP contribution < -0.4 is 9.47 Å². The number of hydrogen-bond donors (Lipinski definition) is 0. The lowest BCUT2D eigenvalue weighted by molar-refractivity contribution is 0.103. The summed E-state index contributed by atoms with van der Waals surface area (Å²) in [5, 5.41) is 9.80. The number of ether oxygens (including phenoxy) is 2. The predicted octanol–water partition coefficient (Wildman–Crippen LogP) is 3.86. The second kappa shape index (κ2) is 5.92. The number of Topliss-reactive ketones (excluding diaryl/α,β-unsaturated/α-hetero) is 1. The average molecular weight is 312 g/mol. The molecule has 2 aromatic rings. The standard InChI is InChI=1S/C17H10ClNO3/c18-14-3-1-2-11(7-14)6-13(9-19)17(20)12-4-5-15-16(8-12)22-10-21-15/h1-8H,10H2/b13-6-. The minimum atomic E-state index is -0.374. The van der Waals surface area contributed by atoms with Gasteiger partial charge in [-0.25, -0.2) is 0 Å². The third-order valence-corrected chi connectivity index (χ3v) is 3.39. The maximum Gasteiger partial charge on any atom is 0.231 e. The minimum Gasteiger partial charge on any atom is -0.454 e. The molecule has 0 unspecified atom stereocenters. The highest BCUT2D eigenvalue weighted by Crippen LogP contribution is 2.33. The maximum atomic E-state index is 12.4. The first kappa shape index (κ1) is 14.2. The van der Waals surface area contributed by atoms with Crippen LogP contribution in [0.3, 0.4) is 0 Å². The van der Waals surface area contributed by atoms with Crippen LogP contribution in [0.15, 0.2) is 48.0 Å². The molecule has 22 heavy (non-hydrogen) atoms. The highest BCUT2D eigenvalue weighted by atomic mass is 35.5. The molecule has 0 spiro atoms.